The third-order valence-electron chi connectivity index (χ3n) is 6.57. The van der Waals surface area contributed by atoms with E-state index in [2.05, 4.69) is 15.5 Å². The summed E-state index contributed by atoms with van der Waals surface area (Å²) in [6, 6.07) is 13.1. The molecule has 10 nitrogen and oxygen atoms in total. The molecule has 0 radical (unpaired) electrons. The number of rotatable bonds is 10. The quantitative estimate of drug-likeness (QED) is 0.329. The molecule has 0 unspecified atom stereocenters. The maximum absolute atomic E-state index is 13.8. The summed E-state index contributed by atoms with van der Waals surface area (Å²) in [6.45, 7) is 5.31. The van der Waals surface area contributed by atoms with E-state index in [1.165, 1.54) is 24.3 Å². The van der Waals surface area contributed by atoms with Crippen molar-refractivity contribution in [3.05, 3.63) is 65.7 Å². The largest absolute Gasteiger partial charge is 0.383 e. The fourth-order valence-electron chi connectivity index (χ4n) is 4.70. The van der Waals surface area contributed by atoms with Crippen LogP contribution in [0.15, 0.2) is 59.5 Å². The number of anilines is 2. The molecular formula is C28H33N5O5S. The summed E-state index contributed by atoms with van der Waals surface area (Å²) in [7, 11) is 0.0730. The molecule has 206 valence electrons. The topological polar surface area (TPSA) is 142 Å². The van der Waals surface area contributed by atoms with Crippen molar-refractivity contribution in [2.75, 3.05) is 37.8 Å². The number of imide groups is 1. The van der Waals surface area contributed by atoms with E-state index in [9.17, 15) is 22.8 Å². The molecule has 1 aliphatic heterocycles. The number of nitrogens with one attached hydrogen (secondary N) is 2. The van der Waals surface area contributed by atoms with Crippen LogP contribution in [0.3, 0.4) is 0 Å². The zero-order chi connectivity index (χ0) is 28.5. The zero-order valence-electron chi connectivity index (χ0n) is 22.4. The fourth-order valence-corrected chi connectivity index (χ4v) is 5.21. The molecule has 0 aromatic heterocycles. The highest BCUT2D eigenvalue weighted by molar-refractivity contribution is 7.89. The molecule has 3 aromatic carbocycles. The van der Waals surface area contributed by atoms with Gasteiger partial charge in [-0.25, -0.2) is 13.6 Å². The number of nitrogens with zero attached hydrogens (tertiary/aromatic N) is 2. The molecular weight excluding hydrogens is 518 g/mol. The van der Waals surface area contributed by atoms with E-state index >= 15 is 0 Å². The van der Waals surface area contributed by atoms with Crippen LogP contribution >= 0.6 is 0 Å². The van der Waals surface area contributed by atoms with Crippen LogP contribution in [0.5, 0.6) is 0 Å². The maximum atomic E-state index is 13.8. The highest BCUT2D eigenvalue weighted by Gasteiger charge is 2.41. The first-order chi connectivity index (χ1) is 18.4. The summed E-state index contributed by atoms with van der Waals surface area (Å²) in [6.07, 6.45) is 0.244. The molecule has 4 N–H and O–H groups in total. The van der Waals surface area contributed by atoms with E-state index in [0.29, 0.717) is 28.7 Å². The standard InChI is InChI=1S/C28H33N5O5S/c1-17(2)16-24(26(34)31-18-8-10-19(11-9-18)39(29,37)38)33-27(35)21-7-5-6-20-23(30-14-15-32(3)4)13-12-22(25(20)21)28(33)36/h5-13,17,24,30H,14-16H2,1-4H3,(H,31,34)(H2,29,37,38)/t24-/m0/s1. The summed E-state index contributed by atoms with van der Waals surface area (Å²) < 4.78 is 23.1. The van der Waals surface area contributed by atoms with Gasteiger partial charge in [0.15, 0.2) is 0 Å². The van der Waals surface area contributed by atoms with Gasteiger partial charge >= 0.3 is 0 Å². The van der Waals surface area contributed by atoms with E-state index in [-0.39, 0.29) is 17.2 Å². The molecule has 3 aromatic rings. The van der Waals surface area contributed by atoms with Gasteiger partial charge in [0, 0.05) is 46.4 Å². The molecule has 1 heterocycles. The van der Waals surface area contributed by atoms with Crippen molar-refractivity contribution in [1.82, 2.24) is 9.80 Å². The first kappa shape index (κ1) is 28.2. The summed E-state index contributed by atoms with van der Waals surface area (Å²) in [5, 5.41) is 12.6. The highest BCUT2D eigenvalue weighted by Crippen LogP contribution is 2.36. The van der Waals surface area contributed by atoms with Crippen LogP contribution in [0, 0.1) is 5.92 Å². The minimum Gasteiger partial charge on any atom is -0.383 e. The number of hydrogen-bond acceptors (Lipinski definition) is 7. The molecule has 11 heteroatoms. The van der Waals surface area contributed by atoms with Gasteiger partial charge in [0.2, 0.25) is 15.9 Å². The van der Waals surface area contributed by atoms with E-state index in [1.54, 1.807) is 18.2 Å². The Kier molecular flexibility index (Phi) is 8.05. The molecule has 0 bridgehead atoms. The van der Waals surface area contributed by atoms with Crippen molar-refractivity contribution >= 4 is 49.9 Å². The number of hydrogen-bond donors (Lipinski definition) is 3. The maximum Gasteiger partial charge on any atom is 0.262 e. The molecule has 39 heavy (non-hydrogen) atoms. The van der Waals surface area contributed by atoms with Gasteiger partial charge in [0.05, 0.1) is 4.90 Å². The van der Waals surface area contributed by atoms with Gasteiger partial charge in [-0.05, 0) is 68.9 Å². The van der Waals surface area contributed by atoms with Crippen LogP contribution < -0.4 is 15.8 Å². The van der Waals surface area contributed by atoms with Crippen LogP contribution in [0.2, 0.25) is 0 Å². The second-order valence-electron chi connectivity index (χ2n) is 10.3. The zero-order valence-corrected chi connectivity index (χ0v) is 23.2. The van der Waals surface area contributed by atoms with Gasteiger partial charge in [0.1, 0.15) is 6.04 Å². The normalized spacial score (nSPS) is 14.3. The third kappa shape index (κ3) is 5.95. The number of nitrogens with two attached hydrogens (primary N) is 1. The average Bonchev–Trinajstić information content (AvgIpc) is 2.86. The van der Waals surface area contributed by atoms with Gasteiger partial charge < -0.3 is 15.5 Å². The Morgan fingerprint density at radius 1 is 0.974 bits per heavy atom. The molecule has 0 fully saturated rings. The van der Waals surface area contributed by atoms with Crippen molar-refractivity contribution < 1.29 is 22.8 Å². The number of sulfonamides is 1. The highest BCUT2D eigenvalue weighted by atomic mass is 32.2. The van der Waals surface area contributed by atoms with Gasteiger partial charge in [-0.1, -0.05) is 26.0 Å². The molecule has 0 aliphatic carbocycles. The second-order valence-corrected chi connectivity index (χ2v) is 11.9. The number of benzene rings is 3. The van der Waals surface area contributed by atoms with Gasteiger partial charge in [-0.15, -0.1) is 0 Å². The summed E-state index contributed by atoms with van der Waals surface area (Å²) in [5.74, 6) is -1.62. The molecule has 0 saturated heterocycles. The summed E-state index contributed by atoms with van der Waals surface area (Å²) in [5.41, 5.74) is 1.86. The lowest BCUT2D eigenvalue weighted by atomic mass is 9.90. The number of amides is 3. The van der Waals surface area contributed by atoms with E-state index < -0.39 is 33.8 Å². The Balaban J connectivity index is 1.68. The van der Waals surface area contributed by atoms with Crippen molar-refractivity contribution in [1.29, 1.82) is 0 Å². The number of carbonyl (C=O) groups is 3. The molecule has 0 spiro atoms. The van der Waals surface area contributed by atoms with Gasteiger partial charge in [-0.3, -0.25) is 19.3 Å². The number of likely N-dealkylation sites (N-methyl/N-ethyl adjacent to an activating group) is 1. The number of primary sulfonamides is 1. The Hall–Kier alpha value is -3.80. The lowest BCUT2D eigenvalue weighted by Gasteiger charge is -2.34. The average molecular weight is 552 g/mol. The lowest BCUT2D eigenvalue weighted by molar-refractivity contribution is -0.120. The minimum atomic E-state index is -3.89. The lowest BCUT2D eigenvalue weighted by Crippen LogP contribution is -2.52. The monoisotopic (exact) mass is 551 g/mol. The van der Waals surface area contributed by atoms with Crippen molar-refractivity contribution in [2.24, 2.45) is 11.1 Å². The second kappa shape index (κ2) is 11.1. The van der Waals surface area contributed by atoms with E-state index in [0.717, 1.165) is 22.5 Å². The van der Waals surface area contributed by atoms with Crippen molar-refractivity contribution in [3.63, 3.8) is 0 Å². The van der Waals surface area contributed by atoms with Gasteiger partial charge in [-0.2, -0.15) is 0 Å². The molecule has 1 aliphatic rings. The predicted molar refractivity (Wildman–Crippen MR) is 151 cm³/mol. The first-order valence-corrected chi connectivity index (χ1v) is 14.2. The van der Waals surface area contributed by atoms with Gasteiger partial charge in [0.25, 0.3) is 11.8 Å². The molecule has 4 rings (SSSR count). The van der Waals surface area contributed by atoms with Crippen LogP contribution in [0.4, 0.5) is 11.4 Å². The first-order valence-electron chi connectivity index (χ1n) is 12.6. The molecule has 3 amide bonds. The Morgan fingerprint density at radius 3 is 2.21 bits per heavy atom. The smallest absolute Gasteiger partial charge is 0.262 e. The third-order valence-corrected chi connectivity index (χ3v) is 7.50. The summed E-state index contributed by atoms with van der Waals surface area (Å²) >= 11 is 0. The number of carbonyl (C=O) groups excluding carboxylic acids is 3. The van der Waals surface area contributed by atoms with Crippen LogP contribution in [0.25, 0.3) is 10.8 Å². The Labute approximate surface area is 228 Å². The molecule has 0 saturated carbocycles. The van der Waals surface area contributed by atoms with Crippen LogP contribution in [-0.2, 0) is 14.8 Å². The SMILES string of the molecule is CC(C)C[C@@H](C(=O)Nc1ccc(S(N)(=O)=O)cc1)N1C(=O)c2cccc3c(NCCN(C)C)ccc(c23)C1=O. The Bertz CT molecular complexity index is 1510. The molecule has 1 atom stereocenters. The van der Waals surface area contributed by atoms with Crippen LogP contribution in [-0.4, -0.2) is 69.2 Å². The minimum absolute atomic E-state index is 0.00780. The van der Waals surface area contributed by atoms with Crippen molar-refractivity contribution in [3.8, 4) is 0 Å². The predicted octanol–water partition coefficient (Wildman–Crippen LogP) is 3.11. The van der Waals surface area contributed by atoms with E-state index in [1.807, 2.05) is 40.1 Å². The van der Waals surface area contributed by atoms with Crippen LogP contribution in [0.1, 0.15) is 41.0 Å². The Morgan fingerprint density at radius 2 is 1.62 bits per heavy atom. The van der Waals surface area contributed by atoms with Crippen molar-refractivity contribution in [2.45, 2.75) is 31.2 Å². The van der Waals surface area contributed by atoms with E-state index in [4.69, 9.17) is 5.14 Å². The summed E-state index contributed by atoms with van der Waals surface area (Å²) in [4.78, 5) is 44.1. The fraction of sp³-hybridized carbons (Fsp3) is 0.321.